The largest absolute Gasteiger partial charge is 0.131 e. The van der Waals surface area contributed by atoms with E-state index in [1.54, 1.807) is 0 Å². The van der Waals surface area contributed by atoms with Gasteiger partial charge in [-0.3, -0.25) is 0 Å². The summed E-state index contributed by atoms with van der Waals surface area (Å²) in [5.41, 5.74) is 0. The third-order valence-electron chi connectivity index (χ3n) is 1.88. The van der Waals surface area contributed by atoms with Crippen molar-refractivity contribution in [3.05, 3.63) is 0 Å². The Hall–Kier alpha value is 0.430. The second-order valence-corrected chi connectivity index (χ2v) is 4.62. The Labute approximate surface area is 55.3 Å². The second kappa shape index (κ2) is 2.82. The number of hydrogen-bond donors (Lipinski definition) is 0. The van der Waals surface area contributed by atoms with Gasteiger partial charge < -0.3 is 0 Å². The van der Waals surface area contributed by atoms with Crippen LogP contribution >= 0.6 is 9.24 Å². The van der Waals surface area contributed by atoms with Crippen LogP contribution in [-0.4, -0.2) is 5.16 Å². The third kappa shape index (κ3) is 2.67. The van der Waals surface area contributed by atoms with Gasteiger partial charge in [0.05, 0.1) is 0 Å². The van der Waals surface area contributed by atoms with Gasteiger partial charge in [0.15, 0.2) is 0 Å². The van der Waals surface area contributed by atoms with Crippen LogP contribution in [0.3, 0.4) is 0 Å². The normalized spacial score (nSPS) is 16.1. The zero-order valence-electron chi connectivity index (χ0n) is 6.36. The molecule has 0 saturated carbocycles. The molecule has 0 rings (SSSR count). The SMILES string of the molecule is CCC(C)C(C)(C)P. The predicted molar refractivity (Wildman–Crippen MR) is 43.2 cm³/mol. The molecule has 0 aromatic rings. The van der Waals surface area contributed by atoms with E-state index in [1.165, 1.54) is 6.42 Å². The minimum absolute atomic E-state index is 0.425. The van der Waals surface area contributed by atoms with Crippen LogP contribution < -0.4 is 0 Å². The van der Waals surface area contributed by atoms with Crippen LogP contribution in [0.15, 0.2) is 0 Å². The average molecular weight is 132 g/mol. The van der Waals surface area contributed by atoms with Crippen LogP contribution in [0, 0.1) is 5.92 Å². The van der Waals surface area contributed by atoms with Crippen molar-refractivity contribution in [3.63, 3.8) is 0 Å². The molecule has 0 aliphatic rings. The smallest absolute Gasteiger partial charge is 0.0181 e. The molecule has 0 radical (unpaired) electrons. The molecule has 0 amide bonds. The monoisotopic (exact) mass is 132 g/mol. The third-order valence-corrected chi connectivity index (χ3v) is 2.45. The first-order chi connectivity index (χ1) is 3.48. The van der Waals surface area contributed by atoms with Gasteiger partial charge >= 0.3 is 0 Å². The molecular formula is C7H17P. The van der Waals surface area contributed by atoms with Crippen molar-refractivity contribution in [2.45, 2.75) is 39.3 Å². The van der Waals surface area contributed by atoms with Gasteiger partial charge in [0.2, 0.25) is 0 Å². The Morgan fingerprint density at radius 2 is 1.88 bits per heavy atom. The zero-order chi connectivity index (χ0) is 6.78. The fourth-order valence-corrected chi connectivity index (χ4v) is 0.762. The summed E-state index contributed by atoms with van der Waals surface area (Å²) in [5, 5.41) is 0.425. The Bertz CT molecular complexity index is 61.3. The molecule has 0 aromatic carbocycles. The lowest BCUT2D eigenvalue weighted by Crippen LogP contribution is -2.19. The summed E-state index contributed by atoms with van der Waals surface area (Å²) in [7, 11) is 2.88. The van der Waals surface area contributed by atoms with E-state index in [0.717, 1.165) is 5.92 Å². The molecule has 0 bridgehead atoms. The second-order valence-electron chi connectivity index (χ2n) is 3.13. The molecule has 1 heteroatoms. The lowest BCUT2D eigenvalue weighted by atomic mass is 9.95. The summed E-state index contributed by atoms with van der Waals surface area (Å²) in [5.74, 6) is 0.812. The predicted octanol–water partition coefficient (Wildman–Crippen LogP) is 2.69. The van der Waals surface area contributed by atoms with Gasteiger partial charge in [0.25, 0.3) is 0 Å². The van der Waals surface area contributed by atoms with Crippen molar-refractivity contribution in [1.82, 2.24) is 0 Å². The minimum Gasteiger partial charge on any atom is -0.131 e. The van der Waals surface area contributed by atoms with Crippen molar-refractivity contribution < 1.29 is 0 Å². The fourth-order valence-electron chi connectivity index (χ4n) is 0.526. The van der Waals surface area contributed by atoms with Crippen molar-refractivity contribution in [2.75, 3.05) is 0 Å². The summed E-state index contributed by atoms with van der Waals surface area (Å²) in [4.78, 5) is 0. The Morgan fingerprint density at radius 1 is 1.50 bits per heavy atom. The van der Waals surface area contributed by atoms with Crippen molar-refractivity contribution in [2.24, 2.45) is 5.92 Å². The van der Waals surface area contributed by atoms with Gasteiger partial charge in [-0.1, -0.05) is 34.1 Å². The van der Waals surface area contributed by atoms with E-state index in [2.05, 4.69) is 36.9 Å². The summed E-state index contributed by atoms with van der Waals surface area (Å²) in [6, 6.07) is 0. The van der Waals surface area contributed by atoms with Crippen LogP contribution in [0.5, 0.6) is 0 Å². The number of hydrogen-bond acceptors (Lipinski definition) is 0. The maximum absolute atomic E-state index is 2.88. The van der Waals surface area contributed by atoms with E-state index >= 15 is 0 Å². The molecule has 0 spiro atoms. The summed E-state index contributed by atoms with van der Waals surface area (Å²) in [6.07, 6.45) is 1.27. The highest BCUT2D eigenvalue weighted by molar-refractivity contribution is 7.18. The van der Waals surface area contributed by atoms with Crippen molar-refractivity contribution in [3.8, 4) is 0 Å². The highest BCUT2D eigenvalue weighted by atomic mass is 31.0. The first-order valence-electron chi connectivity index (χ1n) is 3.27. The van der Waals surface area contributed by atoms with E-state index in [9.17, 15) is 0 Å². The van der Waals surface area contributed by atoms with Gasteiger partial charge in [0.1, 0.15) is 0 Å². The topological polar surface area (TPSA) is 0 Å². The molecule has 0 N–H and O–H groups in total. The van der Waals surface area contributed by atoms with Crippen LogP contribution in [0.25, 0.3) is 0 Å². The lowest BCUT2D eigenvalue weighted by Gasteiger charge is -2.25. The minimum atomic E-state index is 0.425. The maximum atomic E-state index is 2.88. The van der Waals surface area contributed by atoms with Crippen LogP contribution in [-0.2, 0) is 0 Å². The summed E-state index contributed by atoms with van der Waals surface area (Å²) < 4.78 is 0. The molecule has 0 nitrogen and oxygen atoms in total. The van der Waals surface area contributed by atoms with Crippen molar-refractivity contribution >= 4 is 9.24 Å². The molecule has 0 heterocycles. The molecule has 8 heavy (non-hydrogen) atoms. The molecule has 50 valence electrons. The fraction of sp³-hybridized carbons (Fsp3) is 1.00. The standard InChI is InChI=1S/C7H17P/c1-5-6(2)7(3,4)8/h6H,5,8H2,1-4H3. The van der Waals surface area contributed by atoms with Gasteiger partial charge in [-0.25, -0.2) is 0 Å². The first-order valence-corrected chi connectivity index (χ1v) is 3.85. The maximum Gasteiger partial charge on any atom is -0.0181 e. The molecule has 0 saturated heterocycles. The molecule has 0 fully saturated rings. The van der Waals surface area contributed by atoms with Crippen LogP contribution in [0.2, 0.25) is 0 Å². The average Bonchev–Trinajstić information content (AvgIpc) is 1.62. The first kappa shape index (κ1) is 8.43. The molecule has 2 atom stereocenters. The van der Waals surface area contributed by atoms with Crippen molar-refractivity contribution in [1.29, 1.82) is 0 Å². The van der Waals surface area contributed by atoms with E-state index in [0.29, 0.717) is 5.16 Å². The van der Waals surface area contributed by atoms with Crippen LogP contribution in [0.1, 0.15) is 34.1 Å². The lowest BCUT2D eigenvalue weighted by molar-refractivity contribution is 0.447. The van der Waals surface area contributed by atoms with E-state index in [-0.39, 0.29) is 0 Å². The molecular weight excluding hydrogens is 115 g/mol. The molecule has 0 aromatic heterocycles. The highest BCUT2D eigenvalue weighted by Crippen LogP contribution is 2.28. The molecule has 2 unspecified atom stereocenters. The van der Waals surface area contributed by atoms with Gasteiger partial charge in [-0.2, -0.15) is 0 Å². The van der Waals surface area contributed by atoms with Crippen LogP contribution in [0.4, 0.5) is 0 Å². The van der Waals surface area contributed by atoms with Gasteiger partial charge in [0, 0.05) is 0 Å². The molecule has 0 aliphatic heterocycles. The quantitative estimate of drug-likeness (QED) is 0.507. The zero-order valence-corrected chi connectivity index (χ0v) is 7.52. The van der Waals surface area contributed by atoms with Gasteiger partial charge in [-0.15, -0.1) is 9.24 Å². The highest BCUT2D eigenvalue weighted by Gasteiger charge is 2.17. The Kier molecular flexibility index (Phi) is 2.98. The van der Waals surface area contributed by atoms with E-state index < -0.39 is 0 Å². The summed E-state index contributed by atoms with van der Waals surface area (Å²) in [6.45, 7) is 9.03. The van der Waals surface area contributed by atoms with E-state index in [1.807, 2.05) is 0 Å². The molecule has 0 aliphatic carbocycles. The Balaban J connectivity index is 3.62. The summed E-state index contributed by atoms with van der Waals surface area (Å²) >= 11 is 0. The number of rotatable bonds is 2. The Morgan fingerprint density at radius 3 is 1.88 bits per heavy atom. The van der Waals surface area contributed by atoms with Gasteiger partial charge in [-0.05, 0) is 11.1 Å². The van der Waals surface area contributed by atoms with E-state index in [4.69, 9.17) is 0 Å².